The van der Waals surface area contributed by atoms with Crippen LogP contribution in [0.1, 0.15) is 34.0 Å². The molecule has 0 saturated carbocycles. The van der Waals surface area contributed by atoms with Crippen LogP contribution < -0.4 is 0 Å². The van der Waals surface area contributed by atoms with Crippen molar-refractivity contribution < 1.29 is 9.90 Å². The fourth-order valence-electron chi connectivity index (χ4n) is 3.12. The largest absolute Gasteiger partial charge is 0.394 e. The van der Waals surface area contributed by atoms with Gasteiger partial charge in [0.05, 0.1) is 12.6 Å². The SMILES string of the molecule is CCc1ccc(C(=O)N2Cc3ccccc3C[C@@H]2CO)cc1Br. The molecule has 0 saturated heterocycles. The third kappa shape index (κ3) is 3.19. The number of aliphatic hydroxyl groups is 1. The number of benzene rings is 2. The van der Waals surface area contributed by atoms with Gasteiger partial charge < -0.3 is 10.0 Å². The van der Waals surface area contributed by atoms with Gasteiger partial charge in [0, 0.05) is 16.6 Å². The maximum atomic E-state index is 12.9. The first-order valence-electron chi connectivity index (χ1n) is 7.91. The van der Waals surface area contributed by atoms with E-state index < -0.39 is 0 Å². The standard InChI is InChI=1S/C19H20BrNO2/c1-2-13-7-8-15(10-18(13)20)19(23)21-11-16-6-4-3-5-14(16)9-17(21)12-22/h3-8,10,17,22H,2,9,11-12H2,1H3/t17-/m1/s1. The van der Waals surface area contributed by atoms with Crippen LogP contribution >= 0.6 is 15.9 Å². The Morgan fingerprint density at radius 2 is 2.00 bits per heavy atom. The molecule has 0 bridgehead atoms. The van der Waals surface area contributed by atoms with Crippen molar-refractivity contribution in [3.63, 3.8) is 0 Å². The van der Waals surface area contributed by atoms with Gasteiger partial charge in [-0.25, -0.2) is 0 Å². The van der Waals surface area contributed by atoms with E-state index in [-0.39, 0.29) is 18.6 Å². The molecule has 120 valence electrons. The Morgan fingerprint density at radius 3 is 2.65 bits per heavy atom. The van der Waals surface area contributed by atoms with E-state index in [1.807, 2.05) is 30.3 Å². The van der Waals surface area contributed by atoms with E-state index >= 15 is 0 Å². The molecule has 1 aliphatic rings. The zero-order valence-corrected chi connectivity index (χ0v) is 14.7. The average Bonchev–Trinajstić information content (AvgIpc) is 2.59. The monoisotopic (exact) mass is 373 g/mol. The van der Waals surface area contributed by atoms with Crippen LogP contribution in [0.4, 0.5) is 0 Å². The van der Waals surface area contributed by atoms with Gasteiger partial charge in [0.2, 0.25) is 0 Å². The molecule has 0 spiro atoms. The molecule has 3 nitrogen and oxygen atoms in total. The zero-order valence-electron chi connectivity index (χ0n) is 13.1. The molecule has 0 radical (unpaired) electrons. The van der Waals surface area contributed by atoms with Crippen molar-refractivity contribution >= 4 is 21.8 Å². The number of halogens is 1. The van der Waals surface area contributed by atoms with E-state index in [1.165, 1.54) is 11.1 Å². The van der Waals surface area contributed by atoms with Gasteiger partial charge in [0.25, 0.3) is 5.91 Å². The summed E-state index contributed by atoms with van der Waals surface area (Å²) in [6.45, 7) is 2.62. The molecule has 2 aromatic rings. The Hall–Kier alpha value is -1.65. The number of carbonyl (C=O) groups is 1. The van der Waals surface area contributed by atoms with Crippen molar-refractivity contribution in [2.24, 2.45) is 0 Å². The van der Waals surface area contributed by atoms with E-state index in [0.717, 1.165) is 16.5 Å². The summed E-state index contributed by atoms with van der Waals surface area (Å²) in [4.78, 5) is 14.7. The first kappa shape index (κ1) is 16.2. The molecule has 0 aromatic heterocycles. The van der Waals surface area contributed by atoms with Crippen LogP contribution in [0.3, 0.4) is 0 Å². The second-order valence-electron chi connectivity index (χ2n) is 5.90. The number of hydrogen-bond acceptors (Lipinski definition) is 2. The lowest BCUT2D eigenvalue weighted by Gasteiger charge is -2.36. The van der Waals surface area contributed by atoms with Crippen molar-refractivity contribution in [1.82, 2.24) is 4.90 Å². The number of aryl methyl sites for hydroxylation is 1. The fraction of sp³-hybridized carbons (Fsp3) is 0.316. The number of nitrogens with zero attached hydrogens (tertiary/aromatic N) is 1. The predicted octanol–water partition coefficient (Wildman–Crippen LogP) is 3.57. The second-order valence-corrected chi connectivity index (χ2v) is 6.76. The molecule has 1 atom stereocenters. The van der Waals surface area contributed by atoms with Crippen LogP contribution in [0.15, 0.2) is 46.9 Å². The summed E-state index contributed by atoms with van der Waals surface area (Å²) in [5.74, 6) is -0.0260. The summed E-state index contributed by atoms with van der Waals surface area (Å²) in [5.41, 5.74) is 4.23. The van der Waals surface area contributed by atoms with Gasteiger partial charge in [-0.3, -0.25) is 4.79 Å². The number of carbonyl (C=O) groups excluding carboxylic acids is 1. The van der Waals surface area contributed by atoms with E-state index in [9.17, 15) is 9.90 Å². The molecule has 23 heavy (non-hydrogen) atoms. The Balaban J connectivity index is 1.90. The molecule has 1 amide bonds. The number of aliphatic hydroxyl groups excluding tert-OH is 1. The molecular formula is C19H20BrNO2. The summed E-state index contributed by atoms with van der Waals surface area (Å²) in [6.07, 6.45) is 1.62. The molecule has 4 heteroatoms. The Kier molecular flexibility index (Phi) is 4.83. The first-order valence-corrected chi connectivity index (χ1v) is 8.70. The van der Waals surface area contributed by atoms with Crippen LogP contribution in [-0.2, 0) is 19.4 Å². The minimum Gasteiger partial charge on any atom is -0.394 e. The number of rotatable bonds is 3. The lowest BCUT2D eigenvalue weighted by atomic mass is 9.93. The van der Waals surface area contributed by atoms with E-state index in [1.54, 1.807) is 4.90 Å². The van der Waals surface area contributed by atoms with Gasteiger partial charge in [-0.15, -0.1) is 0 Å². The van der Waals surface area contributed by atoms with E-state index in [2.05, 4.69) is 35.0 Å². The maximum absolute atomic E-state index is 12.9. The highest BCUT2D eigenvalue weighted by Gasteiger charge is 2.29. The Bertz CT molecular complexity index is 729. The summed E-state index contributed by atoms with van der Waals surface area (Å²) in [7, 11) is 0. The van der Waals surface area contributed by atoms with Crippen LogP contribution in [0.5, 0.6) is 0 Å². The third-order valence-electron chi connectivity index (χ3n) is 4.51. The van der Waals surface area contributed by atoms with Crippen molar-refractivity contribution in [3.8, 4) is 0 Å². The van der Waals surface area contributed by atoms with Crippen LogP contribution in [0.2, 0.25) is 0 Å². The molecule has 2 aromatic carbocycles. The summed E-state index contributed by atoms with van der Waals surface area (Å²) >= 11 is 3.54. The summed E-state index contributed by atoms with van der Waals surface area (Å²) < 4.78 is 0.962. The van der Waals surface area contributed by atoms with Crippen molar-refractivity contribution in [1.29, 1.82) is 0 Å². The lowest BCUT2D eigenvalue weighted by molar-refractivity contribution is 0.0544. The van der Waals surface area contributed by atoms with Crippen molar-refractivity contribution in [3.05, 3.63) is 69.2 Å². The van der Waals surface area contributed by atoms with Gasteiger partial charge in [0.15, 0.2) is 0 Å². The zero-order chi connectivity index (χ0) is 16.4. The molecule has 0 unspecified atom stereocenters. The van der Waals surface area contributed by atoms with Gasteiger partial charge in [0.1, 0.15) is 0 Å². The summed E-state index contributed by atoms with van der Waals surface area (Å²) in [5, 5.41) is 9.72. The molecule has 1 aliphatic heterocycles. The minimum atomic E-state index is -0.165. The second kappa shape index (κ2) is 6.85. The van der Waals surface area contributed by atoms with Crippen molar-refractivity contribution in [2.75, 3.05) is 6.61 Å². The van der Waals surface area contributed by atoms with Gasteiger partial charge in [-0.2, -0.15) is 0 Å². The molecule has 3 rings (SSSR count). The quantitative estimate of drug-likeness (QED) is 0.893. The smallest absolute Gasteiger partial charge is 0.254 e. The topological polar surface area (TPSA) is 40.5 Å². The number of amides is 1. The Labute approximate surface area is 145 Å². The molecule has 0 fully saturated rings. The van der Waals surface area contributed by atoms with Crippen LogP contribution in [0, 0.1) is 0 Å². The predicted molar refractivity (Wildman–Crippen MR) is 94.4 cm³/mol. The summed E-state index contributed by atoms with van der Waals surface area (Å²) in [6, 6.07) is 13.7. The fourth-order valence-corrected chi connectivity index (χ4v) is 3.78. The maximum Gasteiger partial charge on any atom is 0.254 e. The highest BCUT2D eigenvalue weighted by atomic mass is 79.9. The van der Waals surface area contributed by atoms with Crippen LogP contribution in [0.25, 0.3) is 0 Å². The van der Waals surface area contributed by atoms with Gasteiger partial charge in [-0.1, -0.05) is 53.2 Å². The average molecular weight is 374 g/mol. The molecule has 0 aliphatic carbocycles. The third-order valence-corrected chi connectivity index (χ3v) is 5.25. The molecule has 1 heterocycles. The normalized spacial score (nSPS) is 17.0. The Morgan fingerprint density at radius 1 is 1.26 bits per heavy atom. The number of fused-ring (bicyclic) bond motifs is 1. The van der Waals surface area contributed by atoms with E-state index in [0.29, 0.717) is 18.5 Å². The molecular weight excluding hydrogens is 354 g/mol. The van der Waals surface area contributed by atoms with Gasteiger partial charge in [-0.05, 0) is 41.7 Å². The highest BCUT2D eigenvalue weighted by Crippen LogP contribution is 2.26. The highest BCUT2D eigenvalue weighted by molar-refractivity contribution is 9.10. The first-order chi connectivity index (χ1) is 11.1. The minimum absolute atomic E-state index is 0.0196. The van der Waals surface area contributed by atoms with Gasteiger partial charge >= 0.3 is 0 Å². The number of hydrogen-bond donors (Lipinski definition) is 1. The molecule has 1 N–H and O–H groups in total. The van der Waals surface area contributed by atoms with Crippen LogP contribution in [-0.4, -0.2) is 28.6 Å². The van der Waals surface area contributed by atoms with E-state index in [4.69, 9.17) is 0 Å². The lowest BCUT2D eigenvalue weighted by Crippen LogP contribution is -2.46. The van der Waals surface area contributed by atoms with Crippen molar-refractivity contribution in [2.45, 2.75) is 32.4 Å².